The Balaban J connectivity index is 2.59. The summed E-state index contributed by atoms with van der Waals surface area (Å²) in [6.45, 7) is 2.02. The minimum atomic E-state index is -0.360. The third kappa shape index (κ3) is 1.70. The third-order valence-electron chi connectivity index (χ3n) is 2.28. The molecular formula is C9H13N5O2. The van der Waals surface area contributed by atoms with Crippen molar-refractivity contribution in [3.05, 3.63) is 27.9 Å². The van der Waals surface area contributed by atoms with E-state index in [0.29, 0.717) is 17.3 Å². The Hall–Kier alpha value is -1.73. The first kappa shape index (κ1) is 10.8. The number of ether oxygens (including phenoxy) is 1. The summed E-state index contributed by atoms with van der Waals surface area (Å²) < 4.78 is 6.39. The zero-order valence-corrected chi connectivity index (χ0v) is 9.10. The molecule has 0 spiro atoms. The van der Waals surface area contributed by atoms with Crippen LogP contribution in [0.25, 0.3) is 5.78 Å². The molecule has 1 unspecified atom stereocenters. The van der Waals surface area contributed by atoms with Gasteiger partial charge in [0.05, 0.1) is 0 Å². The molecule has 0 bridgehead atoms. The predicted molar refractivity (Wildman–Crippen MR) is 57.1 cm³/mol. The number of H-pyrrole nitrogens is 1. The molecule has 3 N–H and O–H groups in total. The van der Waals surface area contributed by atoms with Gasteiger partial charge >= 0.3 is 0 Å². The van der Waals surface area contributed by atoms with Crippen molar-refractivity contribution in [1.29, 1.82) is 0 Å². The molecule has 0 amide bonds. The summed E-state index contributed by atoms with van der Waals surface area (Å²) in [5, 5.41) is 2.82. The number of aromatic amines is 1. The summed E-state index contributed by atoms with van der Waals surface area (Å²) in [5.41, 5.74) is 5.94. The van der Waals surface area contributed by atoms with Gasteiger partial charge in [0.2, 0.25) is 0 Å². The predicted octanol–water partition coefficient (Wildman–Crippen LogP) is -0.628. The Bertz CT molecular complexity index is 555. The normalized spacial score (nSPS) is 13.2. The van der Waals surface area contributed by atoms with Crippen LogP contribution in [0.5, 0.6) is 0 Å². The van der Waals surface area contributed by atoms with Crippen LogP contribution in [0.2, 0.25) is 0 Å². The zero-order valence-electron chi connectivity index (χ0n) is 9.10. The Labute approximate surface area is 91.3 Å². The van der Waals surface area contributed by atoms with Gasteiger partial charge in [0.15, 0.2) is 5.82 Å². The summed E-state index contributed by atoms with van der Waals surface area (Å²) in [6, 6.07) is 1.43. The standard InChI is InChI=1S/C9H13N5O2/c1-5-3-7(15)14-9(11-5)12-8(13-14)6(4-10)16-2/h3,6H,4,10H2,1-2H3,(H,11,12,13). The number of rotatable bonds is 3. The van der Waals surface area contributed by atoms with E-state index < -0.39 is 0 Å². The Morgan fingerprint density at radius 3 is 3.00 bits per heavy atom. The molecule has 0 saturated heterocycles. The van der Waals surface area contributed by atoms with Crippen LogP contribution in [0.3, 0.4) is 0 Å². The molecule has 2 aromatic heterocycles. The largest absolute Gasteiger partial charge is 0.372 e. The van der Waals surface area contributed by atoms with Crippen LogP contribution >= 0.6 is 0 Å². The molecule has 0 aromatic carbocycles. The van der Waals surface area contributed by atoms with Gasteiger partial charge in [-0.3, -0.25) is 9.89 Å². The van der Waals surface area contributed by atoms with E-state index in [-0.39, 0.29) is 18.2 Å². The van der Waals surface area contributed by atoms with Crippen LogP contribution in [0.1, 0.15) is 17.6 Å². The number of hydrogen-bond donors (Lipinski definition) is 2. The quantitative estimate of drug-likeness (QED) is 0.722. The van der Waals surface area contributed by atoms with Crippen molar-refractivity contribution in [1.82, 2.24) is 19.6 Å². The number of nitrogens with one attached hydrogen (secondary N) is 1. The highest BCUT2D eigenvalue weighted by Gasteiger charge is 2.14. The molecule has 0 fully saturated rings. The molecule has 2 heterocycles. The van der Waals surface area contributed by atoms with Gasteiger partial charge in [-0.2, -0.15) is 9.50 Å². The second-order valence-corrected chi connectivity index (χ2v) is 3.44. The van der Waals surface area contributed by atoms with E-state index in [1.165, 1.54) is 17.7 Å². The Morgan fingerprint density at radius 2 is 2.38 bits per heavy atom. The van der Waals surface area contributed by atoms with Crippen LogP contribution in [-0.2, 0) is 4.74 Å². The van der Waals surface area contributed by atoms with Crippen molar-refractivity contribution in [3.63, 3.8) is 0 Å². The monoisotopic (exact) mass is 223 g/mol. The van der Waals surface area contributed by atoms with E-state index in [1.807, 2.05) is 0 Å². The van der Waals surface area contributed by atoms with Gasteiger partial charge < -0.3 is 10.5 Å². The molecule has 7 heteroatoms. The number of methoxy groups -OCH3 is 1. The van der Waals surface area contributed by atoms with Crippen molar-refractivity contribution in [2.45, 2.75) is 13.0 Å². The van der Waals surface area contributed by atoms with Gasteiger partial charge in [0.1, 0.15) is 6.10 Å². The molecule has 86 valence electrons. The minimum absolute atomic E-state index is 0.201. The van der Waals surface area contributed by atoms with Gasteiger partial charge in [-0.1, -0.05) is 0 Å². The first-order valence-electron chi connectivity index (χ1n) is 4.85. The fourth-order valence-electron chi connectivity index (χ4n) is 1.47. The maximum Gasteiger partial charge on any atom is 0.274 e. The fourth-order valence-corrected chi connectivity index (χ4v) is 1.47. The number of fused-ring (bicyclic) bond motifs is 1. The lowest BCUT2D eigenvalue weighted by Gasteiger charge is -2.07. The lowest BCUT2D eigenvalue weighted by molar-refractivity contribution is 0.103. The molecule has 0 saturated carbocycles. The Kier molecular flexibility index (Phi) is 2.71. The molecular weight excluding hydrogens is 210 g/mol. The van der Waals surface area contributed by atoms with Gasteiger partial charge in [0, 0.05) is 25.4 Å². The van der Waals surface area contributed by atoms with Gasteiger partial charge in [-0.25, -0.2) is 4.98 Å². The zero-order chi connectivity index (χ0) is 11.7. The summed E-state index contributed by atoms with van der Waals surface area (Å²) in [5.74, 6) is 0.829. The molecule has 0 aliphatic heterocycles. The summed E-state index contributed by atoms with van der Waals surface area (Å²) in [4.78, 5) is 19.9. The van der Waals surface area contributed by atoms with Crippen molar-refractivity contribution in [3.8, 4) is 0 Å². The lowest BCUT2D eigenvalue weighted by atomic mass is 10.3. The number of aromatic nitrogens is 4. The molecule has 16 heavy (non-hydrogen) atoms. The van der Waals surface area contributed by atoms with E-state index in [1.54, 1.807) is 6.92 Å². The first-order chi connectivity index (χ1) is 7.65. The van der Waals surface area contributed by atoms with Crippen LogP contribution < -0.4 is 11.3 Å². The van der Waals surface area contributed by atoms with Crippen LogP contribution in [-0.4, -0.2) is 33.2 Å². The average Bonchev–Trinajstić information content (AvgIpc) is 2.63. The van der Waals surface area contributed by atoms with Crippen LogP contribution in [0.15, 0.2) is 10.9 Å². The van der Waals surface area contributed by atoms with Crippen molar-refractivity contribution in [2.75, 3.05) is 13.7 Å². The second kappa shape index (κ2) is 4.03. The minimum Gasteiger partial charge on any atom is -0.372 e. The third-order valence-corrected chi connectivity index (χ3v) is 2.28. The molecule has 0 aliphatic carbocycles. The molecule has 7 nitrogen and oxygen atoms in total. The fraction of sp³-hybridized carbons (Fsp3) is 0.444. The van der Waals surface area contributed by atoms with Crippen molar-refractivity contribution >= 4 is 5.78 Å². The van der Waals surface area contributed by atoms with E-state index in [9.17, 15) is 4.79 Å². The van der Waals surface area contributed by atoms with E-state index in [2.05, 4.69) is 15.1 Å². The highest BCUT2D eigenvalue weighted by molar-refractivity contribution is 5.28. The topological polar surface area (TPSA) is 98.3 Å². The molecule has 1 atom stereocenters. The van der Waals surface area contributed by atoms with Crippen molar-refractivity contribution in [2.24, 2.45) is 5.73 Å². The summed E-state index contributed by atoms with van der Waals surface area (Å²) in [6.07, 6.45) is -0.360. The van der Waals surface area contributed by atoms with Crippen LogP contribution in [0.4, 0.5) is 0 Å². The van der Waals surface area contributed by atoms with Gasteiger partial charge in [0.25, 0.3) is 11.3 Å². The van der Waals surface area contributed by atoms with E-state index >= 15 is 0 Å². The van der Waals surface area contributed by atoms with Gasteiger partial charge in [-0.05, 0) is 6.92 Å². The molecule has 2 aromatic rings. The average molecular weight is 223 g/mol. The first-order valence-corrected chi connectivity index (χ1v) is 4.85. The number of nitrogens with two attached hydrogens (primary N) is 1. The van der Waals surface area contributed by atoms with Crippen molar-refractivity contribution < 1.29 is 4.74 Å². The number of aryl methyl sites for hydroxylation is 1. The maximum absolute atomic E-state index is 11.6. The molecule has 0 radical (unpaired) electrons. The highest BCUT2D eigenvalue weighted by atomic mass is 16.5. The highest BCUT2D eigenvalue weighted by Crippen LogP contribution is 2.10. The summed E-state index contributed by atoms with van der Waals surface area (Å²) >= 11 is 0. The molecule has 0 aliphatic rings. The maximum atomic E-state index is 11.6. The Morgan fingerprint density at radius 1 is 1.62 bits per heavy atom. The summed E-state index contributed by atoms with van der Waals surface area (Å²) in [7, 11) is 1.53. The smallest absolute Gasteiger partial charge is 0.274 e. The second-order valence-electron chi connectivity index (χ2n) is 3.44. The molecule has 2 rings (SSSR count). The lowest BCUT2D eigenvalue weighted by Crippen LogP contribution is -2.17. The van der Waals surface area contributed by atoms with E-state index in [4.69, 9.17) is 10.5 Å². The number of hydrogen-bond acceptors (Lipinski definition) is 5. The van der Waals surface area contributed by atoms with E-state index in [0.717, 1.165) is 0 Å². The number of nitrogens with zero attached hydrogens (tertiary/aromatic N) is 3. The van der Waals surface area contributed by atoms with Gasteiger partial charge in [-0.15, -0.1) is 0 Å². The SMILES string of the molecule is COC(CN)c1nc2nc(C)cc(=O)n2[nH]1. The van der Waals surface area contributed by atoms with Crippen LogP contribution in [0, 0.1) is 6.92 Å².